The molecule has 0 unspecified atom stereocenters. The Morgan fingerprint density at radius 2 is 2.00 bits per heavy atom. The lowest BCUT2D eigenvalue weighted by molar-refractivity contribution is -0.143. The second-order valence-electron chi connectivity index (χ2n) is 8.53. The molecule has 1 fully saturated rings. The van der Waals surface area contributed by atoms with E-state index in [9.17, 15) is 18.0 Å². The van der Waals surface area contributed by atoms with E-state index in [1.165, 1.54) is 4.90 Å². The molecule has 1 aliphatic heterocycles. The number of carbonyl (C=O) groups is 2. The zero-order chi connectivity index (χ0) is 25.7. The minimum absolute atomic E-state index is 0.103. The SMILES string of the molecule is N#CCCN(Cc1ccccc1)C(=O)CN1CCC[C@H](NS(=O)(=O)c2cc3ccc(Cl)cc3s2)C1=O. The number of rotatable bonds is 9. The number of hydrogen-bond acceptors (Lipinski definition) is 6. The number of thiophene rings is 1. The predicted molar refractivity (Wildman–Crippen MR) is 139 cm³/mol. The van der Waals surface area contributed by atoms with Gasteiger partial charge < -0.3 is 9.80 Å². The highest BCUT2D eigenvalue weighted by Crippen LogP contribution is 2.31. The molecule has 36 heavy (non-hydrogen) atoms. The van der Waals surface area contributed by atoms with E-state index in [4.69, 9.17) is 16.9 Å². The van der Waals surface area contributed by atoms with E-state index in [0.717, 1.165) is 27.0 Å². The van der Waals surface area contributed by atoms with Gasteiger partial charge >= 0.3 is 0 Å². The molecule has 2 aromatic carbocycles. The largest absolute Gasteiger partial charge is 0.336 e. The Hall–Kier alpha value is -2.97. The molecule has 2 heterocycles. The lowest BCUT2D eigenvalue weighted by Crippen LogP contribution is -2.54. The van der Waals surface area contributed by atoms with Crippen molar-refractivity contribution in [2.75, 3.05) is 19.6 Å². The van der Waals surface area contributed by atoms with Crippen LogP contribution in [0.1, 0.15) is 24.8 Å². The maximum Gasteiger partial charge on any atom is 0.250 e. The van der Waals surface area contributed by atoms with Gasteiger partial charge in [-0.05, 0) is 42.0 Å². The summed E-state index contributed by atoms with van der Waals surface area (Å²) in [5.74, 6) is -0.713. The van der Waals surface area contributed by atoms with Crippen molar-refractivity contribution in [3.8, 4) is 6.07 Å². The standard InChI is InChI=1S/C25H25ClN4O4S2/c26-20-10-9-19-14-24(35-22(19)15-20)36(33,34)28-21-8-4-12-30(25(21)32)17-23(31)29(13-5-11-27)16-18-6-2-1-3-7-18/h1-3,6-7,9-10,14-15,21,28H,4-5,8,12-13,16-17H2/t21-/m0/s1. The van der Waals surface area contributed by atoms with Crippen LogP contribution in [0, 0.1) is 11.3 Å². The molecule has 188 valence electrons. The second-order valence-corrected chi connectivity index (χ2v) is 12.0. The maximum atomic E-state index is 13.1. The van der Waals surface area contributed by atoms with Gasteiger partial charge in [0.2, 0.25) is 11.8 Å². The van der Waals surface area contributed by atoms with Crippen LogP contribution in [0.5, 0.6) is 0 Å². The number of fused-ring (bicyclic) bond motifs is 1. The Balaban J connectivity index is 1.44. The summed E-state index contributed by atoms with van der Waals surface area (Å²) >= 11 is 7.10. The summed E-state index contributed by atoms with van der Waals surface area (Å²) in [6.07, 6.45) is 1.09. The molecule has 0 bridgehead atoms. The Morgan fingerprint density at radius 3 is 2.75 bits per heavy atom. The molecule has 1 atom stereocenters. The summed E-state index contributed by atoms with van der Waals surface area (Å²) in [6.45, 7) is 0.770. The summed E-state index contributed by atoms with van der Waals surface area (Å²) in [5, 5.41) is 10.3. The summed E-state index contributed by atoms with van der Waals surface area (Å²) in [4.78, 5) is 29.2. The van der Waals surface area contributed by atoms with E-state index in [1.54, 1.807) is 29.2 Å². The van der Waals surface area contributed by atoms with E-state index in [2.05, 4.69) is 10.8 Å². The van der Waals surface area contributed by atoms with Crippen LogP contribution in [-0.4, -0.2) is 55.7 Å². The molecule has 0 saturated carbocycles. The molecule has 3 aromatic rings. The molecule has 1 aromatic heterocycles. The number of piperidine rings is 1. The van der Waals surface area contributed by atoms with Crippen molar-refractivity contribution in [3.63, 3.8) is 0 Å². The van der Waals surface area contributed by atoms with Gasteiger partial charge in [0.15, 0.2) is 0 Å². The van der Waals surface area contributed by atoms with E-state index >= 15 is 0 Å². The molecule has 4 rings (SSSR count). The van der Waals surface area contributed by atoms with Gasteiger partial charge in [-0.2, -0.15) is 9.98 Å². The van der Waals surface area contributed by atoms with Gasteiger partial charge in [-0.1, -0.05) is 48.0 Å². The Labute approximate surface area is 219 Å². The van der Waals surface area contributed by atoms with Gasteiger partial charge in [0.05, 0.1) is 19.0 Å². The highest BCUT2D eigenvalue weighted by atomic mass is 35.5. The van der Waals surface area contributed by atoms with E-state index < -0.39 is 22.0 Å². The fourth-order valence-electron chi connectivity index (χ4n) is 4.11. The zero-order valence-electron chi connectivity index (χ0n) is 19.4. The van der Waals surface area contributed by atoms with Crippen LogP contribution in [0.4, 0.5) is 0 Å². The number of nitriles is 1. The van der Waals surface area contributed by atoms with Crippen LogP contribution >= 0.6 is 22.9 Å². The van der Waals surface area contributed by atoms with Crippen molar-refractivity contribution in [2.45, 2.75) is 36.1 Å². The number of nitrogens with one attached hydrogen (secondary N) is 1. The summed E-state index contributed by atoms with van der Waals surface area (Å²) < 4.78 is 29.5. The number of carbonyl (C=O) groups excluding carboxylic acids is 2. The highest BCUT2D eigenvalue weighted by molar-refractivity contribution is 7.91. The lowest BCUT2D eigenvalue weighted by atomic mass is 10.1. The number of nitrogens with zero attached hydrogens (tertiary/aromatic N) is 3. The smallest absolute Gasteiger partial charge is 0.250 e. The maximum absolute atomic E-state index is 13.1. The van der Waals surface area contributed by atoms with Gasteiger partial charge in [-0.3, -0.25) is 9.59 Å². The average Bonchev–Trinajstić information content (AvgIpc) is 3.29. The fourth-order valence-corrected chi connectivity index (χ4v) is 7.02. The first-order valence-corrected chi connectivity index (χ1v) is 14.1. The zero-order valence-corrected chi connectivity index (χ0v) is 21.8. The number of hydrogen-bond donors (Lipinski definition) is 1. The predicted octanol–water partition coefficient (Wildman–Crippen LogP) is 3.77. The van der Waals surface area contributed by atoms with Crippen LogP contribution in [0.25, 0.3) is 10.1 Å². The molecule has 1 N–H and O–H groups in total. The van der Waals surface area contributed by atoms with Gasteiger partial charge in [-0.25, -0.2) is 8.42 Å². The quantitative estimate of drug-likeness (QED) is 0.441. The van der Waals surface area contributed by atoms with Crippen LogP contribution in [0.3, 0.4) is 0 Å². The lowest BCUT2D eigenvalue weighted by Gasteiger charge is -2.33. The number of amides is 2. The molecule has 0 aliphatic carbocycles. The minimum Gasteiger partial charge on any atom is -0.336 e. The van der Waals surface area contributed by atoms with Gasteiger partial charge in [-0.15, -0.1) is 11.3 Å². The van der Waals surface area contributed by atoms with Crippen LogP contribution in [0.2, 0.25) is 5.02 Å². The van der Waals surface area contributed by atoms with Gasteiger partial charge in [0.25, 0.3) is 10.0 Å². The van der Waals surface area contributed by atoms with E-state index in [1.807, 2.05) is 30.3 Å². The second kappa shape index (κ2) is 11.4. The van der Waals surface area contributed by atoms with Crippen molar-refractivity contribution in [1.29, 1.82) is 5.26 Å². The monoisotopic (exact) mass is 544 g/mol. The van der Waals surface area contributed by atoms with E-state index in [0.29, 0.717) is 31.0 Å². The molecule has 1 saturated heterocycles. The van der Waals surface area contributed by atoms with Crippen molar-refractivity contribution in [3.05, 3.63) is 65.2 Å². The third-order valence-corrected chi connectivity index (χ3v) is 9.22. The summed E-state index contributed by atoms with van der Waals surface area (Å²) in [7, 11) is -3.94. The minimum atomic E-state index is -3.94. The van der Waals surface area contributed by atoms with Crippen molar-refractivity contribution >= 4 is 54.9 Å². The summed E-state index contributed by atoms with van der Waals surface area (Å²) in [5.41, 5.74) is 0.920. The van der Waals surface area contributed by atoms with E-state index in [-0.39, 0.29) is 29.6 Å². The molecule has 11 heteroatoms. The third kappa shape index (κ3) is 6.23. The molecule has 8 nitrogen and oxygen atoms in total. The molecular formula is C25H25ClN4O4S2. The third-order valence-electron chi connectivity index (χ3n) is 5.94. The Morgan fingerprint density at radius 1 is 1.22 bits per heavy atom. The van der Waals surface area contributed by atoms with Crippen molar-refractivity contribution in [2.24, 2.45) is 0 Å². The topological polar surface area (TPSA) is 111 Å². The normalized spacial score (nSPS) is 16.2. The van der Waals surface area contributed by atoms with Gasteiger partial charge in [0.1, 0.15) is 10.3 Å². The average molecular weight is 545 g/mol. The number of likely N-dealkylation sites (tertiary alicyclic amines) is 1. The number of halogens is 1. The first-order chi connectivity index (χ1) is 17.3. The Bertz CT molecular complexity index is 1400. The molecular weight excluding hydrogens is 520 g/mol. The molecule has 0 spiro atoms. The van der Waals surface area contributed by atoms with Crippen molar-refractivity contribution < 1.29 is 18.0 Å². The van der Waals surface area contributed by atoms with Crippen molar-refractivity contribution in [1.82, 2.24) is 14.5 Å². The number of sulfonamides is 1. The highest BCUT2D eigenvalue weighted by Gasteiger charge is 2.34. The first kappa shape index (κ1) is 26.1. The van der Waals surface area contributed by atoms with Gasteiger partial charge in [0, 0.05) is 29.4 Å². The first-order valence-electron chi connectivity index (χ1n) is 11.5. The Kier molecular flexibility index (Phi) is 8.26. The van der Waals surface area contributed by atoms with Crippen LogP contribution in [-0.2, 0) is 26.2 Å². The van der Waals surface area contributed by atoms with Crippen LogP contribution in [0.15, 0.2) is 58.8 Å². The molecule has 1 aliphatic rings. The fraction of sp³-hybridized carbons (Fsp3) is 0.320. The molecule has 2 amide bonds. The molecule has 0 radical (unpaired) electrons. The van der Waals surface area contributed by atoms with Crippen LogP contribution < -0.4 is 4.72 Å². The number of benzene rings is 2. The summed E-state index contributed by atoms with van der Waals surface area (Å²) in [6, 6.07) is 17.2.